The van der Waals surface area contributed by atoms with Gasteiger partial charge in [0.15, 0.2) is 0 Å². The zero-order valence-corrected chi connectivity index (χ0v) is 13.5. The molecule has 3 heterocycles. The number of carbonyl (C=O) groups is 1. The SMILES string of the molecule is O=C(NC[C@H]1CCc2ccccc2O1)c1ccc(-n2cnnc2)nc1. The zero-order valence-electron chi connectivity index (χ0n) is 13.5. The molecular formula is C18H17N5O2. The van der Waals surface area contributed by atoms with E-state index in [1.54, 1.807) is 35.6 Å². The predicted molar refractivity (Wildman–Crippen MR) is 90.7 cm³/mol. The predicted octanol–water partition coefficient (Wildman–Crippen LogP) is 1.79. The smallest absolute Gasteiger partial charge is 0.252 e. The summed E-state index contributed by atoms with van der Waals surface area (Å²) < 4.78 is 7.61. The molecule has 0 fully saturated rings. The van der Waals surface area contributed by atoms with Crippen molar-refractivity contribution in [2.75, 3.05) is 6.54 Å². The number of nitrogens with zero attached hydrogens (tertiary/aromatic N) is 4. The highest BCUT2D eigenvalue weighted by Crippen LogP contribution is 2.26. The van der Waals surface area contributed by atoms with E-state index in [-0.39, 0.29) is 12.0 Å². The third-order valence-electron chi connectivity index (χ3n) is 4.19. The molecule has 7 heteroatoms. The van der Waals surface area contributed by atoms with Crippen LogP contribution >= 0.6 is 0 Å². The first kappa shape index (κ1) is 15.3. The maximum absolute atomic E-state index is 12.3. The van der Waals surface area contributed by atoms with E-state index in [4.69, 9.17) is 4.74 Å². The van der Waals surface area contributed by atoms with Crippen LogP contribution in [0.5, 0.6) is 5.75 Å². The summed E-state index contributed by atoms with van der Waals surface area (Å²) in [5, 5.41) is 10.4. The summed E-state index contributed by atoms with van der Waals surface area (Å²) in [6, 6.07) is 11.5. The number of pyridine rings is 1. The van der Waals surface area contributed by atoms with Gasteiger partial charge in [-0.05, 0) is 36.6 Å². The molecule has 1 aliphatic heterocycles. The Morgan fingerprint density at radius 1 is 1.20 bits per heavy atom. The van der Waals surface area contributed by atoms with Gasteiger partial charge in [-0.25, -0.2) is 4.98 Å². The Hall–Kier alpha value is -3.22. The van der Waals surface area contributed by atoms with Crippen LogP contribution in [0, 0.1) is 0 Å². The van der Waals surface area contributed by atoms with Crippen LogP contribution in [0.2, 0.25) is 0 Å². The fraction of sp³-hybridized carbons (Fsp3) is 0.222. The van der Waals surface area contributed by atoms with Gasteiger partial charge in [-0.15, -0.1) is 10.2 Å². The Bertz CT molecular complexity index is 861. The number of carbonyl (C=O) groups excluding carboxylic acids is 1. The number of aryl methyl sites for hydroxylation is 1. The Labute approximate surface area is 144 Å². The van der Waals surface area contributed by atoms with E-state index >= 15 is 0 Å². The van der Waals surface area contributed by atoms with Crippen molar-refractivity contribution in [2.24, 2.45) is 0 Å². The molecule has 1 amide bonds. The van der Waals surface area contributed by atoms with Crippen molar-refractivity contribution in [1.82, 2.24) is 25.1 Å². The van der Waals surface area contributed by atoms with Crippen molar-refractivity contribution in [3.8, 4) is 11.6 Å². The van der Waals surface area contributed by atoms with Crippen LogP contribution in [-0.2, 0) is 6.42 Å². The molecule has 0 saturated carbocycles. The summed E-state index contributed by atoms with van der Waals surface area (Å²) in [7, 11) is 0. The number of amides is 1. The number of hydrogen-bond acceptors (Lipinski definition) is 5. The zero-order chi connectivity index (χ0) is 17.1. The number of hydrogen-bond donors (Lipinski definition) is 1. The lowest BCUT2D eigenvalue weighted by atomic mass is 10.0. The van der Waals surface area contributed by atoms with Gasteiger partial charge in [-0.3, -0.25) is 9.36 Å². The average molecular weight is 335 g/mol. The highest BCUT2D eigenvalue weighted by atomic mass is 16.5. The van der Waals surface area contributed by atoms with Crippen LogP contribution in [0.25, 0.3) is 5.82 Å². The van der Waals surface area contributed by atoms with Gasteiger partial charge in [0.25, 0.3) is 5.91 Å². The topological polar surface area (TPSA) is 81.9 Å². The molecule has 0 bridgehead atoms. The minimum atomic E-state index is -0.162. The van der Waals surface area contributed by atoms with E-state index in [0.717, 1.165) is 18.6 Å². The van der Waals surface area contributed by atoms with E-state index in [9.17, 15) is 4.79 Å². The summed E-state index contributed by atoms with van der Waals surface area (Å²) in [5.74, 6) is 1.41. The fourth-order valence-corrected chi connectivity index (χ4v) is 2.82. The fourth-order valence-electron chi connectivity index (χ4n) is 2.82. The lowest BCUT2D eigenvalue weighted by molar-refractivity contribution is 0.0918. The number of aromatic nitrogens is 4. The van der Waals surface area contributed by atoms with Gasteiger partial charge in [-0.2, -0.15) is 0 Å². The molecule has 1 atom stereocenters. The molecule has 0 radical (unpaired) electrons. The van der Waals surface area contributed by atoms with Crippen molar-refractivity contribution >= 4 is 5.91 Å². The van der Waals surface area contributed by atoms with Gasteiger partial charge in [0.05, 0.1) is 12.1 Å². The Kier molecular flexibility index (Phi) is 4.12. The van der Waals surface area contributed by atoms with Crippen molar-refractivity contribution in [3.05, 3.63) is 66.4 Å². The maximum atomic E-state index is 12.3. The van der Waals surface area contributed by atoms with Gasteiger partial charge < -0.3 is 10.1 Å². The van der Waals surface area contributed by atoms with E-state index in [0.29, 0.717) is 17.9 Å². The van der Waals surface area contributed by atoms with Crippen LogP contribution < -0.4 is 10.1 Å². The lowest BCUT2D eigenvalue weighted by Gasteiger charge is -2.26. The first-order valence-corrected chi connectivity index (χ1v) is 8.13. The van der Waals surface area contributed by atoms with E-state index in [1.165, 1.54) is 5.56 Å². The molecule has 0 aliphatic carbocycles. The number of nitrogens with one attached hydrogen (secondary N) is 1. The molecule has 126 valence electrons. The number of benzene rings is 1. The van der Waals surface area contributed by atoms with E-state index < -0.39 is 0 Å². The van der Waals surface area contributed by atoms with Crippen molar-refractivity contribution in [2.45, 2.75) is 18.9 Å². The second-order valence-corrected chi connectivity index (χ2v) is 5.87. The summed E-state index contributed by atoms with van der Waals surface area (Å²) in [5.41, 5.74) is 1.73. The molecule has 0 unspecified atom stereocenters. The molecule has 2 aromatic heterocycles. The Morgan fingerprint density at radius 2 is 2.04 bits per heavy atom. The quantitative estimate of drug-likeness (QED) is 0.786. The average Bonchev–Trinajstić information content (AvgIpc) is 3.21. The van der Waals surface area contributed by atoms with Gasteiger partial charge >= 0.3 is 0 Å². The minimum Gasteiger partial charge on any atom is -0.488 e. The first-order valence-electron chi connectivity index (χ1n) is 8.13. The minimum absolute atomic E-state index is 0.0110. The molecule has 3 aromatic rings. The second kappa shape index (κ2) is 6.72. The molecule has 4 rings (SSSR count). The van der Waals surface area contributed by atoms with E-state index in [1.807, 2.05) is 18.2 Å². The largest absolute Gasteiger partial charge is 0.488 e. The molecule has 0 spiro atoms. The van der Waals surface area contributed by atoms with Crippen LogP contribution in [0.15, 0.2) is 55.2 Å². The highest BCUT2D eigenvalue weighted by molar-refractivity contribution is 5.93. The number of ether oxygens (including phenoxy) is 1. The van der Waals surface area contributed by atoms with Crippen LogP contribution in [0.1, 0.15) is 22.3 Å². The van der Waals surface area contributed by atoms with Crippen molar-refractivity contribution in [1.29, 1.82) is 0 Å². The molecular weight excluding hydrogens is 318 g/mol. The number of fused-ring (bicyclic) bond motifs is 1. The Balaban J connectivity index is 1.35. The van der Waals surface area contributed by atoms with Crippen molar-refractivity contribution < 1.29 is 9.53 Å². The molecule has 1 aliphatic rings. The van der Waals surface area contributed by atoms with Crippen LogP contribution in [0.3, 0.4) is 0 Å². The van der Waals surface area contributed by atoms with Gasteiger partial charge in [0.2, 0.25) is 0 Å². The third-order valence-corrected chi connectivity index (χ3v) is 4.19. The monoisotopic (exact) mass is 335 g/mol. The molecule has 7 nitrogen and oxygen atoms in total. The van der Waals surface area contributed by atoms with Crippen LogP contribution in [0.4, 0.5) is 0 Å². The summed E-state index contributed by atoms with van der Waals surface area (Å²) >= 11 is 0. The Morgan fingerprint density at radius 3 is 2.84 bits per heavy atom. The molecule has 1 N–H and O–H groups in total. The number of para-hydroxylation sites is 1. The standard InChI is InChI=1S/C18H17N5O2/c24-18(14-6-8-17(19-9-14)23-11-21-22-12-23)20-10-15-7-5-13-3-1-2-4-16(13)25-15/h1-4,6,8-9,11-12,15H,5,7,10H2,(H,20,24)/t15-/m1/s1. The highest BCUT2D eigenvalue weighted by Gasteiger charge is 2.20. The van der Waals surface area contributed by atoms with Gasteiger partial charge in [0.1, 0.15) is 30.3 Å². The second-order valence-electron chi connectivity index (χ2n) is 5.87. The first-order chi connectivity index (χ1) is 12.3. The third kappa shape index (κ3) is 3.35. The summed E-state index contributed by atoms with van der Waals surface area (Å²) in [6.45, 7) is 0.473. The molecule has 0 saturated heterocycles. The molecule has 25 heavy (non-hydrogen) atoms. The molecule has 1 aromatic carbocycles. The van der Waals surface area contributed by atoms with Crippen LogP contribution in [-0.4, -0.2) is 38.3 Å². The van der Waals surface area contributed by atoms with E-state index in [2.05, 4.69) is 26.6 Å². The normalized spacial score (nSPS) is 15.9. The van der Waals surface area contributed by atoms with Gasteiger partial charge in [-0.1, -0.05) is 18.2 Å². The maximum Gasteiger partial charge on any atom is 0.252 e. The van der Waals surface area contributed by atoms with Gasteiger partial charge in [0, 0.05) is 6.20 Å². The lowest BCUT2D eigenvalue weighted by Crippen LogP contribution is -2.37. The summed E-state index contributed by atoms with van der Waals surface area (Å²) in [6.07, 6.45) is 6.50. The summed E-state index contributed by atoms with van der Waals surface area (Å²) in [4.78, 5) is 16.6. The number of rotatable bonds is 4. The van der Waals surface area contributed by atoms with Crippen molar-refractivity contribution in [3.63, 3.8) is 0 Å².